The Morgan fingerprint density at radius 3 is 1.43 bits per heavy atom. The molecule has 2 nitrogen and oxygen atoms in total. The second-order valence-electron chi connectivity index (χ2n) is 0.349. The first-order chi connectivity index (χ1) is 3.15. The fraction of sp³-hybridized carbons (Fsp3) is 0.500. The fourth-order valence-electron chi connectivity index (χ4n) is 0. The molecule has 0 saturated heterocycles. The van der Waals surface area contributed by atoms with Gasteiger partial charge in [0.05, 0.1) is 0 Å². The first-order valence-corrected chi connectivity index (χ1v) is 1.11. The molecule has 0 unspecified atom stereocenters. The number of carbonyl (C=O) groups excluding carboxylic acids is 1. The van der Waals surface area contributed by atoms with Crippen LogP contribution < -0.4 is 0 Å². The van der Waals surface area contributed by atoms with E-state index in [2.05, 4.69) is 0 Å². The van der Waals surface area contributed by atoms with Crippen molar-refractivity contribution in [2.45, 2.75) is 6.68 Å². The SMILES string of the molecule is FC(F)F.N=C=O. The van der Waals surface area contributed by atoms with Gasteiger partial charge in [0.15, 0.2) is 0 Å². The number of rotatable bonds is 0. The van der Waals surface area contributed by atoms with Crippen molar-refractivity contribution < 1.29 is 18.0 Å². The minimum absolute atomic E-state index is 0.750. The lowest BCUT2D eigenvalue weighted by atomic mass is 11.6. The van der Waals surface area contributed by atoms with Gasteiger partial charge in [-0.15, -0.1) is 0 Å². The van der Waals surface area contributed by atoms with E-state index in [1.54, 1.807) is 0 Å². The van der Waals surface area contributed by atoms with Gasteiger partial charge in [0.25, 0.3) is 0 Å². The molecule has 0 aromatic carbocycles. The van der Waals surface area contributed by atoms with Crippen molar-refractivity contribution >= 4 is 6.08 Å². The molecule has 0 aliphatic rings. The normalized spacial score (nSPS) is 6.29. The summed E-state index contributed by atoms with van der Waals surface area (Å²) >= 11 is 0. The number of nitrogens with one attached hydrogen (secondary N) is 1. The third-order valence-electron chi connectivity index (χ3n) is 0. The van der Waals surface area contributed by atoms with Crippen molar-refractivity contribution in [3.8, 4) is 0 Å². The molecule has 0 radical (unpaired) electrons. The van der Waals surface area contributed by atoms with Gasteiger partial charge in [0.2, 0.25) is 6.08 Å². The Balaban J connectivity index is 0. The van der Waals surface area contributed by atoms with Crippen LogP contribution in [0.3, 0.4) is 0 Å². The molecule has 0 saturated carbocycles. The molecule has 0 spiro atoms. The van der Waals surface area contributed by atoms with Gasteiger partial charge in [0.1, 0.15) is 0 Å². The number of halogens is 3. The maximum Gasteiger partial charge on any atom is 0.379 e. The largest absolute Gasteiger partial charge is 0.379 e. The molecule has 0 bridgehead atoms. The highest BCUT2D eigenvalue weighted by molar-refractivity contribution is 5.26. The van der Waals surface area contributed by atoms with Gasteiger partial charge in [-0.1, -0.05) is 0 Å². The zero-order valence-corrected chi connectivity index (χ0v) is 3.12. The molecule has 7 heavy (non-hydrogen) atoms. The molecular weight excluding hydrogens is 111 g/mol. The van der Waals surface area contributed by atoms with Crippen LogP contribution in [0.1, 0.15) is 0 Å². The van der Waals surface area contributed by atoms with Crippen LogP contribution in [0.15, 0.2) is 0 Å². The Morgan fingerprint density at radius 1 is 1.43 bits per heavy atom. The van der Waals surface area contributed by atoms with Crippen LogP contribution in [-0.4, -0.2) is 12.8 Å². The van der Waals surface area contributed by atoms with E-state index >= 15 is 0 Å². The second kappa shape index (κ2) is 8.95. The molecule has 0 rings (SSSR count). The Bertz CT molecular complexity index is 55.2. The van der Waals surface area contributed by atoms with Crippen LogP contribution in [-0.2, 0) is 4.79 Å². The summed E-state index contributed by atoms with van der Waals surface area (Å²) in [6.07, 6.45) is 0.750. The second-order valence-corrected chi connectivity index (χ2v) is 0.349. The lowest BCUT2D eigenvalue weighted by Gasteiger charge is -1.65. The summed E-state index contributed by atoms with van der Waals surface area (Å²) in [7, 11) is 0. The van der Waals surface area contributed by atoms with Crippen LogP contribution in [0.5, 0.6) is 0 Å². The van der Waals surface area contributed by atoms with Crippen molar-refractivity contribution in [3.05, 3.63) is 0 Å². The molecule has 0 aromatic rings. The average molecular weight is 113 g/mol. The summed E-state index contributed by atoms with van der Waals surface area (Å²) in [5.41, 5.74) is 0. The van der Waals surface area contributed by atoms with Gasteiger partial charge in [-0.05, 0) is 0 Å². The molecule has 1 N–H and O–H groups in total. The smallest absolute Gasteiger partial charge is 0.222 e. The molecule has 42 valence electrons. The molecule has 0 atom stereocenters. The summed E-state index contributed by atoms with van der Waals surface area (Å²) in [5, 5.41) is 5.40. The summed E-state index contributed by atoms with van der Waals surface area (Å²) in [6, 6.07) is 0. The number of hydrogen-bond donors (Lipinski definition) is 1. The van der Waals surface area contributed by atoms with Crippen LogP contribution in [0, 0.1) is 5.41 Å². The zero-order valence-electron chi connectivity index (χ0n) is 3.12. The van der Waals surface area contributed by atoms with Gasteiger partial charge in [-0.25, -0.2) is 10.2 Å². The van der Waals surface area contributed by atoms with Crippen LogP contribution in [0.2, 0.25) is 0 Å². The van der Waals surface area contributed by atoms with E-state index in [1.165, 1.54) is 0 Å². The van der Waals surface area contributed by atoms with E-state index in [1.807, 2.05) is 0 Å². The minimum atomic E-state index is -3.67. The molecule has 0 aliphatic carbocycles. The highest BCUT2D eigenvalue weighted by Crippen LogP contribution is 1.87. The topological polar surface area (TPSA) is 40.9 Å². The van der Waals surface area contributed by atoms with Crippen molar-refractivity contribution in [2.24, 2.45) is 0 Å². The zero-order chi connectivity index (χ0) is 6.28. The maximum atomic E-state index is 9.67. The van der Waals surface area contributed by atoms with Crippen molar-refractivity contribution in [2.75, 3.05) is 0 Å². The van der Waals surface area contributed by atoms with Gasteiger partial charge < -0.3 is 0 Å². The highest BCUT2D eigenvalue weighted by Gasteiger charge is 1.86. The van der Waals surface area contributed by atoms with Crippen LogP contribution in [0.25, 0.3) is 0 Å². The Morgan fingerprint density at radius 2 is 1.43 bits per heavy atom. The van der Waals surface area contributed by atoms with Crippen LogP contribution in [0.4, 0.5) is 13.2 Å². The molecule has 0 heterocycles. The molecule has 0 amide bonds. The lowest BCUT2D eigenvalue weighted by Crippen LogP contribution is -1.65. The molecule has 0 aliphatic heterocycles. The molecule has 0 fully saturated rings. The number of hydrogen-bond acceptors (Lipinski definition) is 2. The Hall–Kier alpha value is -0.830. The fourth-order valence-corrected chi connectivity index (χ4v) is 0. The predicted octanol–water partition coefficient (Wildman–Crippen LogP) is 1.08. The summed E-state index contributed by atoms with van der Waals surface area (Å²) in [6.45, 7) is -3.67. The number of alkyl halides is 3. The summed E-state index contributed by atoms with van der Waals surface area (Å²) in [5.74, 6) is 0. The predicted molar refractivity (Wildman–Crippen MR) is 15.5 cm³/mol. The summed E-state index contributed by atoms with van der Waals surface area (Å²) in [4.78, 5) is 8.35. The van der Waals surface area contributed by atoms with Gasteiger partial charge in [-0.2, -0.15) is 13.2 Å². The molecule has 5 heteroatoms. The third-order valence-corrected chi connectivity index (χ3v) is 0. The molecule has 0 aromatic heterocycles. The van der Waals surface area contributed by atoms with E-state index in [-0.39, 0.29) is 0 Å². The third kappa shape index (κ3) is 75.4. The Kier molecular flexibility index (Phi) is 12.1. The monoisotopic (exact) mass is 113 g/mol. The van der Waals surface area contributed by atoms with Crippen molar-refractivity contribution in [1.82, 2.24) is 0 Å². The standard InChI is InChI=1S/CHF3.CHNO/c2-1(3)4;2-1-3/h1H;2H. The van der Waals surface area contributed by atoms with Gasteiger partial charge in [-0.3, -0.25) is 0 Å². The first-order valence-electron chi connectivity index (χ1n) is 1.11. The van der Waals surface area contributed by atoms with Crippen molar-refractivity contribution in [1.29, 1.82) is 5.41 Å². The molecular formula is C2H2F3NO. The van der Waals surface area contributed by atoms with Gasteiger partial charge >= 0.3 is 6.68 Å². The quantitative estimate of drug-likeness (QED) is 0.370. The lowest BCUT2D eigenvalue weighted by molar-refractivity contribution is 0.00819. The average Bonchev–Trinajstić information content (AvgIpc) is 1.33. The Labute approximate surface area is 37.5 Å². The van der Waals surface area contributed by atoms with Gasteiger partial charge in [0, 0.05) is 0 Å². The van der Waals surface area contributed by atoms with E-state index in [4.69, 9.17) is 10.2 Å². The van der Waals surface area contributed by atoms with Crippen LogP contribution >= 0.6 is 0 Å². The number of isocyanates is 1. The minimum Gasteiger partial charge on any atom is -0.222 e. The first kappa shape index (κ1) is 9.48. The van der Waals surface area contributed by atoms with E-state index in [9.17, 15) is 13.2 Å². The van der Waals surface area contributed by atoms with E-state index in [0.29, 0.717) is 0 Å². The highest BCUT2D eigenvalue weighted by atomic mass is 19.4. The van der Waals surface area contributed by atoms with E-state index in [0.717, 1.165) is 6.08 Å². The van der Waals surface area contributed by atoms with Crippen molar-refractivity contribution in [3.63, 3.8) is 0 Å². The van der Waals surface area contributed by atoms with E-state index < -0.39 is 6.68 Å². The maximum absolute atomic E-state index is 9.67. The summed E-state index contributed by atoms with van der Waals surface area (Å²) < 4.78 is 29.0.